The van der Waals surface area contributed by atoms with Gasteiger partial charge in [0.05, 0.1) is 6.61 Å². The Morgan fingerprint density at radius 2 is 2.29 bits per heavy atom. The van der Waals surface area contributed by atoms with Crippen LogP contribution in [-0.4, -0.2) is 17.9 Å². The van der Waals surface area contributed by atoms with Gasteiger partial charge in [-0.3, -0.25) is 0 Å². The van der Waals surface area contributed by atoms with Crippen molar-refractivity contribution in [1.29, 1.82) is 0 Å². The van der Waals surface area contributed by atoms with E-state index in [2.05, 4.69) is 4.74 Å². The molecule has 0 spiro atoms. The Labute approximate surface area is 42.9 Å². The summed E-state index contributed by atoms with van der Waals surface area (Å²) in [5.41, 5.74) is 0. The topological polar surface area (TPSA) is 46.5 Å². The van der Waals surface area contributed by atoms with E-state index in [-0.39, 0.29) is 14.0 Å². The molecule has 1 N–H and O–H groups in total. The molecule has 0 aromatic carbocycles. The van der Waals surface area contributed by atoms with Crippen molar-refractivity contribution in [2.45, 2.75) is 14.4 Å². The molecule has 3 nitrogen and oxygen atoms in total. The van der Waals surface area contributed by atoms with Crippen LogP contribution in [0, 0.1) is 0 Å². The van der Waals surface area contributed by atoms with E-state index in [1.807, 2.05) is 0 Å². The third-order valence-corrected chi connectivity index (χ3v) is 0.268. The van der Waals surface area contributed by atoms with E-state index in [1.165, 1.54) is 0 Å². The quantitative estimate of drug-likeness (QED) is 0.513. The first-order chi connectivity index (χ1) is 2.77. The highest BCUT2D eigenvalue weighted by molar-refractivity contribution is 5.56. The van der Waals surface area contributed by atoms with Crippen LogP contribution in [0.3, 0.4) is 0 Å². The van der Waals surface area contributed by atoms with Gasteiger partial charge in [-0.15, -0.1) is 0 Å². The predicted octanol–water partition coefficient (Wildman–Crippen LogP) is 1.34. The second-order valence-corrected chi connectivity index (χ2v) is 0.699. The Hall–Kier alpha value is -0.730. The molecule has 44 valence electrons. The maximum absolute atomic E-state index is 9.38. The van der Waals surface area contributed by atoms with Crippen molar-refractivity contribution in [2.24, 2.45) is 0 Å². The van der Waals surface area contributed by atoms with Crippen molar-refractivity contribution in [3.8, 4) is 0 Å². The summed E-state index contributed by atoms with van der Waals surface area (Å²) >= 11 is 0. The average Bonchev–Trinajstić information content (AvgIpc) is 1.35. The first-order valence-corrected chi connectivity index (χ1v) is 1.63. The van der Waals surface area contributed by atoms with E-state index in [0.29, 0.717) is 0 Å². The van der Waals surface area contributed by atoms with Crippen LogP contribution < -0.4 is 0 Å². The van der Waals surface area contributed by atoms with Crippen LogP contribution in [0.1, 0.15) is 14.4 Å². The summed E-state index contributed by atoms with van der Waals surface area (Å²) in [6.07, 6.45) is -1.21. The third-order valence-electron chi connectivity index (χ3n) is 0.268. The molecule has 0 aromatic rings. The second-order valence-electron chi connectivity index (χ2n) is 0.699. The molecular weight excluding hydrogens is 96.0 g/mol. The normalized spacial score (nSPS) is 6.43. The Balaban J connectivity index is 0. The van der Waals surface area contributed by atoms with Gasteiger partial charge in [-0.2, -0.15) is 0 Å². The van der Waals surface area contributed by atoms with Gasteiger partial charge in [0, 0.05) is 0 Å². The molecule has 0 aromatic heterocycles. The molecule has 0 heterocycles. The molecule has 7 heavy (non-hydrogen) atoms. The van der Waals surface area contributed by atoms with Gasteiger partial charge in [0.15, 0.2) is 0 Å². The lowest BCUT2D eigenvalue weighted by Gasteiger charge is -1.87. The molecule has 0 radical (unpaired) electrons. The fraction of sp³-hybridized carbons (Fsp3) is 0.750. The van der Waals surface area contributed by atoms with Crippen LogP contribution in [0.2, 0.25) is 0 Å². The Kier molecular flexibility index (Phi) is 7.19. The molecule has 0 aliphatic rings. The van der Waals surface area contributed by atoms with E-state index in [9.17, 15) is 4.79 Å². The number of hydrogen-bond donors (Lipinski definition) is 1. The summed E-state index contributed by atoms with van der Waals surface area (Å²) in [7, 11) is 0. The van der Waals surface area contributed by atoms with E-state index in [1.54, 1.807) is 6.92 Å². The van der Waals surface area contributed by atoms with Crippen molar-refractivity contribution in [3.05, 3.63) is 0 Å². The molecule has 0 saturated heterocycles. The Morgan fingerprint density at radius 3 is 2.29 bits per heavy atom. The van der Waals surface area contributed by atoms with Gasteiger partial charge < -0.3 is 9.84 Å². The van der Waals surface area contributed by atoms with Crippen LogP contribution in [0.15, 0.2) is 0 Å². The lowest BCUT2D eigenvalue weighted by Crippen LogP contribution is -1.97. The van der Waals surface area contributed by atoms with Gasteiger partial charge in [-0.05, 0) is 6.92 Å². The van der Waals surface area contributed by atoms with E-state index in [4.69, 9.17) is 5.11 Å². The minimum absolute atomic E-state index is 0. The van der Waals surface area contributed by atoms with Crippen LogP contribution >= 0.6 is 0 Å². The van der Waals surface area contributed by atoms with Gasteiger partial charge in [-0.1, -0.05) is 7.43 Å². The molecule has 0 atom stereocenters. The molecule has 0 unspecified atom stereocenters. The summed E-state index contributed by atoms with van der Waals surface area (Å²) < 4.78 is 3.96. The third kappa shape index (κ3) is 10.9. The number of carboxylic acid groups (broad SMARTS) is 1. The molecule has 0 aliphatic heterocycles. The molecular formula is C4H10O3. The Bertz CT molecular complexity index is 50.9. The highest BCUT2D eigenvalue weighted by Crippen LogP contribution is 1.69. The lowest BCUT2D eigenvalue weighted by atomic mass is 10.9. The fourth-order valence-corrected chi connectivity index (χ4v) is 0.123. The van der Waals surface area contributed by atoms with E-state index < -0.39 is 6.16 Å². The van der Waals surface area contributed by atoms with Crippen LogP contribution in [0.25, 0.3) is 0 Å². The summed E-state index contributed by atoms with van der Waals surface area (Å²) in [6, 6.07) is 0. The average molecular weight is 106 g/mol. The largest absolute Gasteiger partial charge is 0.505 e. The highest BCUT2D eigenvalue weighted by Gasteiger charge is 1.86. The SMILES string of the molecule is C.CCOC(=O)O. The standard InChI is InChI=1S/C3H6O3.CH4/c1-2-6-3(4)5;/h2H2,1H3,(H,4,5);1H4. The fourth-order valence-electron chi connectivity index (χ4n) is 0.123. The summed E-state index contributed by atoms with van der Waals surface area (Å²) in [6.45, 7) is 1.85. The zero-order valence-electron chi connectivity index (χ0n) is 3.47. The maximum atomic E-state index is 9.38. The zero-order chi connectivity index (χ0) is 4.99. The zero-order valence-corrected chi connectivity index (χ0v) is 3.47. The first kappa shape index (κ1) is 9.55. The minimum atomic E-state index is -1.21. The van der Waals surface area contributed by atoms with Crippen molar-refractivity contribution < 1.29 is 14.6 Å². The second kappa shape index (κ2) is 5.27. The van der Waals surface area contributed by atoms with Gasteiger partial charge in [0.25, 0.3) is 0 Å². The van der Waals surface area contributed by atoms with Crippen molar-refractivity contribution in [3.63, 3.8) is 0 Å². The van der Waals surface area contributed by atoms with Crippen molar-refractivity contribution in [1.82, 2.24) is 0 Å². The summed E-state index contributed by atoms with van der Waals surface area (Å²) in [5, 5.41) is 7.69. The van der Waals surface area contributed by atoms with E-state index >= 15 is 0 Å². The minimum Gasteiger partial charge on any atom is -0.450 e. The van der Waals surface area contributed by atoms with E-state index in [0.717, 1.165) is 0 Å². The molecule has 0 saturated carbocycles. The van der Waals surface area contributed by atoms with Crippen molar-refractivity contribution in [2.75, 3.05) is 6.61 Å². The van der Waals surface area contributed by atoms with Crippen molar-refractivity contribution >= 4 is 6.16 Å². The predicted molar refractivity (Wildman–Crippen MR) is 26.4 cm³/mol. The lowest BCUT2D eigenvalue weighted by molar-refractivity contribution is 0.0966. The number of rotatable bonds is 1. The Morgan fingerprint density at radius 1 is 1.86 bits per heavy atom. The number of ether oxygens (including phenoxy) is 1. The highest BCUT2D eigenvalue weighted by atomic mass is 16.7. The molecule has 0 bridgehead atoms. The summed E-state index contributed by atoms with van der Waals surface area (Å²) in [5.74, 6) is 0. The smallest absolute Gasteiger partial charge is 0.450 e. The first-order valence-electron chi connectivity index (χ1n) is 1.63. The number of carbonyl (C=O) groups is 1. The van der Waals surface area contributed by atoms with Crippen LogP contribution in [-0.2, 0) is 4.74 Å². The van der Waals surface area contributed by atoms with Crippen LogP contribution in [0.5, 0.6) is 0 Å². The summed E-state index contributed by atoms with van der Waals surface area (Å²) in [4.78, 5) is 9.38. The molecule has 0 aliphatic carbocycles. The number of hydrogen-bond acceptors (Lipinski definition) is 2. The molecule has 0 amide bonds. The monoisotopic (exact) mass is 106 g/mol. The molecule has 0 rings (SSSR count). The molecule has 0 fully saturated rings. The van der Waals surface area contributed by atoms with Gasteiger partial charge in [0.1, 0.15) is 0 Å². The maximum Gasteiger partial charge on any atom is 0.505 e. The molecule has 3 heteroatoms. The van der Waals surface area contributed by atoms with Gasteiger partial charge in [-0.25, -0.2) is 4.79 Å². The van der Waals surface area contributed by atoms with Crippen LogP contribution in [0.4, 0.5) is 4.79 Å². The van der Waals surface area contributed by atoms with Gasteiger partial charge >= 0.3 is 6.16 Å². The van der Waals surface area contributed by atoms with Gasteiger partial charge in [0.2, 0.25) is 0 Å².